The van der Waals surface area contributed by atoms with Crippen LogP contribution < -0.4 is 5.32 Å². The molecule has 1 atom stereocenters. The van der Waals surface area contributed by atoms with Gasteiger partial charge in [0.15, 0.2) is 0 Å². The topological polar surface area (TPSA) is 69.6 Å². The molecule has 68 valence electrons. The van der Waals surface area contributed by atoms with E-state index in [1.54, 1.807) is 4.90 Å². The molecule has 0 unspecified atom stereocenters. The summed E-state index contributed by atoms with van der Waals surface area (Å²) in [6, 6.07) is 0.0469. The van der Waals surface area contributed by atoms with Gasteiger partial charge in [-0.15, -0.1) is 0 Å². The van der Waals surface area contributed by atoms with Crippen molar-refractivity contribution >= 4 is 11.9 Å². The van der Waals surface area contributed by atoms with Gasteiger partial charge in [0.05, 0.1) is 13.1 Å². The zero-order chi connectivity index (χ0) is 9.14. The molecule has 1 aliphatic heterocycles. The van der Waals surface area contributed by atoms with E-state index in [2.05, 4.69) is 5.32 Å². The Kier molecular flexibility index (Phi) is 2.65. The minimum Gasteiger partial charge on any atom is -0.480 e. The van der Waals surface area contributed by atoms with Crippen molar-refractivity contribution in [2.24, 2.45) is 0 Å². The molecule has 1 amide bonds. The van der Waals surface area contributed by atoms with Crippen LogP contribution in [0.5, 0.6) is 0 Å². The van der Waals surface area contributed by atoms with Crippen LogP contribution in [0.3, 0.4) is 0 Å². The Bertz CT molecular complexity index is 203. The highest BCUT2D eigenvalue weighted by molar-refractivity contribution is 5.80. The van der Waals surface area contributed by atoms with E-state index in [1.807, 2.05) is 6.92 Å². The first-order chi connectivity index (χ1) is 5.58. The van der Waals surface area contributed by atoms with Gasteiger partial charge in [-0.2, -0.15) is 0 Å². The van der Waals surface area contributed by atoms with Crippen molar-refractivity contribution in [1.82, 2.24) is 10.2 Å². The Morgan fingerprint density at radius 1 is 1.83 bits per heavy atom. The van der Waals surface area contributed by atoms with Gasteiger partial charge in [-0.25, -0.2) is 0 Å². The average Bonchev–Trinajstić information content (AvgIpc) is 1.81. The number of piperazine rings is 1. The Labute approximate surface area is 70.4 Å². The number of hydrogen-bond acceptors (Lipinski definition) is 3. The fourth-order valence-corrected chi connectivity index (χ4v) is 1.33. The summed E-state index contributed by atoms with van der Waals surface area (Å²) >= 11 is 0. The largest absolute Gasteiger partial charge is 0.480 e. The molecule has 2 N–H and O–H groups in total. The van der Waals surface area contributed by atoms with Crippen molar-refractivity contribution in [1.29, 1.82) is 0 Å². The molecular formula is C7H12N2O3. The third-order valence-electron chi connectivity index (χ3n) is 1.67. The SMILES string of the molecule is C[C@H]1CN(CC(=O)O)CC(=O)N1. The van der Waals surface area contributed by atoms with Gasteiger partial charge in [-0.3, -0.25) is 14.5 Å². The van der Waals surface area contributed by atoms with Crippen LogP contribution in [0, 0.1) is 0 Å². The molecule has 0 saturated carbocycles. The molecule has 5 heteroatoms. The number of carboxylic acid groups (broad SMARTS) is 1. The standard InChI is InChI=1S/C7H12N2O3/c1-5-2-9(4-7(11)12)3-6(10)8-5/h5H,2-4H2,1H3,(H,8,10)(H,11,12)/t5-/m0/s1. The van der Waals surface area contributed by atoms with E-state index in [0.717, 1.165) is 0 Å². The summed E-state index contributed by atoms with van der Waals surface area (Å²) in [7, 11) is 0. The van der Waals surface area contributed by atoms with E-state index in [-0.39, 0.29) is 25.0 Å². The Balaban J connectivity index is 2.44. The van der Waals surface area contributed by atoms with E-state index in [4.69, 9.17) is 5.11 Å². The second kappa shape index (κ2) is 3.53. The van der Waals surface area contributed by atoms with Gasteiger partial charge >= 0.3 is 5.97 Å². The number of carbonyl (C=O) groups is 2. The summed E-state index contributed by atoms with van der Waals surface area (Å²) in [5.41, 5.74) is 0. The van der Waals surface area contributed by atoms with Crippen LogP contribution in [-0.4, -0.2) is 47.6 Å². The van der Waals surface area contributed by atoms with Crippen molar-refractivity contribution in [2.75, 3.05) is 19.6 Å². The molecule has 1 fully saturated rings. The molecular weight excluding hydrogens is 160 g/mol. The number of carboxylic acids is 1. The van der Waals surface area contributed by atoms with E-state index in [9.17, 15) is 9.59 Å². The van der Waals surface area contributed by atoms with Crippen LogP contribution in [0.25, 0.3) is 0 Å². The highest BCUT2D eigenvalue weighted by Crippen LogP contribution is 1.98. The first-order valence-electron chi connectivity index (χ1n) is 3.81. The third-order valence-corrected chi connectivity index (χ3v) is 1.67. The van der Waals surface area contributed by atoms with Gasteiger partial charge < -0.3 is 10.4 Å². The Hall–Kier alpha value is -1.10. The molecule has 1 saturated heterocycles. The molecule has 0 aliphatic carbocycles. The lowest BCUT2D eigenvalue weighted by Crippen LogP contribution is -2.53. The predicted molar refractivity (Wildman–Crippen MR) is 41.7 cm³/mol. The van der Waals surface area contributed by atoms with Gasteiger partial charge in [0, 0.05) is 12.6 Å². The second-order valence-corrected chi connectivity index (χ2v) is 3.03. The van der Waals surface area contributed by atoms with Crippen molar-refractivity contribution in [2.45, 2.75) is 13.0 Å². The van der Waals surface area contributed by atoms with Crippen LogP contribution in [0.4, 0.5) is 0 Å². The summed E-state index contributed by atoms with van der Waals surface area (Å²) in [5.74, 6) is -0.994. The molecule has 1 heterocycles. The fraction of sp³-hybridized carbons (Fsp3) is 0.714. The molecule has 0 aromatic carbocycles. The maximum atomic E-state index is 10.9. The Morgan fingerprint density at radius 3 is 3.00 bits per heavy atom. The van der Waals surface area contributed by atoms with Crippen LogP contribution >= 0.6 is 0 Å². The minimum atomic E-state index is -0.892. The van der Waals surface area contributed by atoms with Crippen molar-refractivity contribution in [3.8, 4) is 0 Å². The molecule has 5 nitrogen and oxygen atoms in total. The van der Waals surface area contributed by atoms with Gasteiger partial charge in [0.2, 0.25) is 5.91 Å². The van der Waals surface area contributed by atoms with Crippen LogP contribution in [-0.2, 0) is 9.59 Å². The number of amides is 1. The number of rotatable bonds is 2. The maximum Gasteiger partial charge on any atom is 0.317 e. The second-order valence-electron chi connectivity index (χ2n) is 3.03. The molecule has 0 radical (unpaired) electrons. The summed E-state index contributed by atoms with van der Waals surface area (Å²) in [5, 5.41) is 11.2. The quantitative estimate of drug-likeness (QED) is 0.554. The summed E-state index contributed by atoms with van der Waals surface area (Å²) < 4.78 is 0. The average molecular weight is 172 g/mol. The zero-order valence-electron chi connectivity index (χ0n) is 6.91. The summed E-state index contributed by atoms with van der Waals surface area (Å²) in [4.78, 5) is 22.8. The first kappa shape index (κ1) is 8.99. The highest BCUT2D eigenvalue weighted by Gasteiger charge is 2.22. The molecule has 1 rings (SSSR count). The van der Waals surface area contributed by atoms with Crippen LogP contribution in [0.1, 0.15) is 6.92 Å². The minimum absolute atomic E-state index is 0.0469. The Morgan fingerprint density at radius 2 is 2.50 bits per heavy atom. The molecule has 12 heavy (non-hydrogen) atoms. The summed E-state index contributed by atoms with van der Waals surface area (Å²) in [6.45, 7) is 2.60. The lowest BCUT2D eigenvalue weighted by molar-refractivity contribution is -0.139. The van der Waals surface area contributed by atoms with Gasteiger partial charge in [0.1, 0.15) is 0 Å². The lowest BCUT2D eigenvalue weighted by Gasteiger charge is -2.29. The molecule has 0 aromatic heterocycles. The highest BCUT2D eigenvalue weighted by atomic mass is 16.4. The number of hydrogen-bond donors (Lipinski definition) is 2. The smallest absolute Gasteiger partial charge is 0.317 e. The zero-order valence-corrected chi connectivity index (χ0v) is 6.91. The van der Waals surface area contributed by atoms with Gasteiger partial charge in [-0.05, 0) is 6.92 Å². The molecule has 0 aromatic rings. The maximum absolute atomic E-state index is 10.9. The lowest BCUT2D eigenvalue weighted by atomic mass is 10.2. The van der Waals surface area contributed by atoms with Gasteiger partial charge in [0.25, 0.3) is 0 Å². The molecule has 0 spiro atoms. The van der Waals surface area contributed by atoms with Crippen LogP contribution in [0.15, 0.2) is 0 Å². The van der Waals surface area contributed by atoms with E-state index < -0.39 is 5.97 Å². The normalized spacial score (nSPS) is 25.1. The van der Waals surface area contributed by atoms with E-state index in [0.29, 0.717) is 6.54 Å². The van der Waals surface area contributed by atoms with Crippen molar-refractivity contribution in [3.05, 3.63) is 0 Å². The number of carbonyl (C=O) groups excluding carboxylic acids is 1. The van der Waals surface area contributed by atoms with Crippen molar-refractivity contribution in [3.63, 3.8) is 0 Å². The van der Waals surface area contributed by atoms with Gasteiger partial charge in [-0.1, -0.05) is 0 Å². The van der Waals surface area contributed by atoms with E-state index in [1.165, 1.54) is 0 Å². The predicted octanol–water partition coefficient (Wildman–Crippen LogP) is -1.11. The first-order valence-corrected chi connectivity index (χ1v) is 3.81. The number of aliphatic carboxylic acids is 1. The number of nitrogens with zero attached hydrogens (tertiary/aromatic N) is 1. The molecule has 1 aliphatic rings. The van der Waals surface area contributed by atoms with Crippen molar-refractivity contribution < 1.29 is 14.7 Å². The summed E-state index contributed by atoms with van der Waals surface area (Å²) in [6.07, 6.45) is 0. The molecule has 0 bridgehead atoms. The van der Waals surface area contributed by atoms with Crippen LogP contribution in [0.2, 0.25) is 0 Å². The monoisotopic (exact) mass is 172 g/mol. The van der Waals surface area contributed by atoms with E-state index >= 15 is 0 Å². The fourth-order valence-electron chi connectivity index (χ4n) is 1.33. The third kappa shape index (κ3) is 2.50. The number of nitrogens with one attached hydrogen (secondary N) is 1.